The van der Waals surface area contributed by atoms with E-state index in [9.17, 15) is 9.18 Å². The summed E-state index contributed by atoms with van der Waals surface area (Å²) in [4.78, 5) is 11.8. The van der Waals surface area contributed by atoms with E-state index < -0.39 is 17.4 Å². The fraction of sp³-hybridized carbons (Fsp3) is 0.435. The third-order valence-corrected chi connectivity index (χ3v) is 4.09. The lowest BCUT2D eigenvalue weighted by molar-refractivity contribution is -0.157. The lowest BCUT2D eigenvalue weighted by Gasteiger charge is -2.19. The lowest BCUT2D eigenvalue weighted by atomic mass is 10.0. The average molecular weight is 404 g/mol. The van der Waals surface area contributed by atoms with E-state index in [4.69, 9.17) is 18.9 Å². The molecule has 158 valence electrons. The first-order chi connectivity index (χ1) is 13.7. The summed E-state index contributed by atoms with van der Waals surface area (Å²) in [6.45, 7) is 5.09. The maximum atomic E-state index is 13.9. The van der Waals surface area contributed by atoms with E-state index in [2.05, 4.69) is 0 Å². The number of hydrogen-bond acceptors (Lipinski definition) is 5. The Hall–Kier alpha value is -2.76. The largest absolute Gasteiger partial charge is 0.493 e. The molecule has 0 saturated carbocycles. The summed E-state index contributed by atoms with van der Waals surface area (Å²) < 4.78 is 35.1. The van der Waals surface area contributed by atoms with Crippen LogP contribution in [-0.2, 0) is 22.4 Å². The van der Waals surface area contributed by atoms with Gasteiger partial charge in [0.2, 0.25) is 0 Å². The Balaban J connectivity index is 1.92. The van der Waals surface area contributed by atoms with Gasteiger partial charge >= 0.3 is 5.97 Å². The molecule has 0 radical (unpaired) electrons. The molecule has 0 spiro atoms. The number of benzene rings is 2. The van der Waals surface area contributed by atoms with Gasteiger partial charge in [-0.2, -0.15) is 0 Å². The predicted octanol–water partition coefficient (Wildman–Crippen LogP) is 4.74. The third-order valence-electron chi connectivity index (χ3n) is 4.09. The standard InChI is InChI=1S/C23H29FO5/c1-23(2,3)29-22(25)15-28-19-12-17(11-18(24)14-19)8-6-7-16-9-10-20(26-4)21(13-16)27-5/h9-14H,6-8,15H2,1-5H3. The minimum atomic E-state index is -0.586. The summed E-state index contributed by atoms with van der Waals surface area (Å²) in [5, 5.41) is 0. The number of carbonyl (C=O) groups is 1. The van der Waals surface area contributed by atoms with E-state index in [-0.39, 0.29) is 6.61 Å². The van der Waals surface area contributed by atoms with E-state index in [1.54, 1.807) is 41.1 Å². The van der Waals surface area contributed by atoms with Crippen molar-refractivity contribution in [3.8, 4) is 17.2 Å². The molecule has 0 saturated heterocycles. The van der Waals surface area contributed by atoms with Gasteiger partial charge in [0.1, 0.15) is 17.2 Å². The normalized spacial score (nSPS) is 11.1. The highest BCUT2D eigenvalue weighted by atomic mass is 19.1. The van der Waals surface area contributed by atoms with E-state index in [0.29, 0.717) is 23.7 Å². The van der Waals surface area contributed by atoms with Gasteiger partial charge < -0.3 is 18.9 Å². The SMILES string of the molecule is COc1ccc(CCCc2cc(F)cc(OCC(=O)OC(C)(C)C)c2)cc1OC. The number of methoxy groups -OCH3 is 2. The molecule has 0 fully saturated rings. The van der Waals surface area contributed by atoms with Gasteiger partial charge in [-0.25, -0.2) is 9.18 Å². The van der Waals surface area contributed by atoms with Crippen molar-refractivity contribution in [3.63, 3.8) is 0 Å². The highest BCUT2D eigenvalue weighted by Gasteiger charge is 2.16. The van der Waals surface area contributed by atoms with Crippen LogP contribution in [0, 0.1) is 5.82 Å². The molecule has 0 aromatic heterocycles. The van der Waals surface area contributed by atoms with Crippen molar-refractivity contribution in [2.24, 2.45) is 0 Å². The molecule has 0 heterocycles. The molecule has 2 rings (SSSR count). The fourth-order valence-corrected chi connectivity index (χ4v) is 2.89. The fourth-order valence-electron chi connectivity index (χ4n) is 2.89. The molecule has 2 aromatic rings. The van der Waals surface area contributed by atoms with E-state index >= 15 is 0 Å². The molecule has 0 unspecified atom stereocenters. The number of carbonyl (C=O) groups excluding carboxylic acids is 1. The topological polar surface area (TPSA) is 54.0 Å². The zero-order valence-corrected chi connectivity index (χ0v) is 17.7. The first kappa shape index (κ1) is 22.5. The number of aryl methyl sites for hydroxylation is 2. The van der Waals surface area contributed by atoms with Gasteiger partial charge in [-0.3, -0.25) is 0 Å². The summed E-state index contributed by atoms with van der Waals surface area (Å²) in [5.74, 6) is 0.809. The predicted molar refractivity (Wildman–Crippen MR) is 109 cm³/mol. The Bertz CT molecular complexity index is 827. The second kappa shape index (κ2) is 10.1. The molecule has 0 aliphatic carbocycles. The monoisotopic (exact) mass is 404 g/mol. The Kier molecular flexibility index (Phi) is 7.88. The van der Waals surface area contributed by atoms with Gasteiger partial charge in [0.05, 0.1) is 14.2 Å². The molecule has 0 N–H and O–H groups in total. The van der Waals surface area contributed by atoms with Crippen molar-refractivity contribution in [3.05, 3.63) is 53.3 Å². The van der Waals surface area contributed by atoms with Crippen LogP contribution >= 0.6 is 0 Å². The van der Waals surface area contributed by atoms with Gasteiger partial charge in [0, 0.05) is 6.07 Å². The number of ether oxygens (including phenoxy) is 4. The first-order valence-electron chi connectivity index (χ1n) is 9.55. The van der Waals surface area contributed by atoms with Gasteiger partial charge in [0.25, 0.3) is 0 Å². The molecule has 0 amide bonds. The summed E-state index contributed by atoms with van der Waals surface area (Å²) >= 11 is 0. The van der Waals surface area contributed by atoms with Crippen LogP contribution in [0.4, 0.5) is 4.39 Å². The van der Waals surface area contributed by atoms with Crippen molar-refractivity contribution < 1.29 is 28.1 Å². The number of hydrogen-bond donors (Lipinski definition) is 0. The highest BCUT2D eigenvalue weighted by molar-refractivity contribution is 5.71. The molecule has 0 bridgehead atoms. The first-order valence-corrected chi connectivity index (χ1v) is 9.55. The van der Waals surface area contributed by atoms with Crippen LogP contribution in [0.1, 0.15) is 38.3 Å². The van der Waals surface area contributed by atoms with Crippen LogP contribution < -0.4 is 14.2 Å². The Morgan fingerprint density at radius 1 is 0.931 bits per heavy atom. The quantitative estimate of drug-likeness (QED) is 0.565. The maximum absolute atomic E-state index is 13.9. The minimum Gasteiger partial charge on any atom is -0.493 e. The van der Waals surface area contributed by atoms with E-state index in [1.807, 2.05) is 18.2 Å². The Morgan fingerprint density at radius 3 is 2.28 bits per heavy atom. The third kappa shape index (κ3) is 7.64. The van der Waals surface area contributed by atoms with Crippen LogP contribution in [0.2, 0.25) is 0 Å². The molecule has 0 aliphatic rings. The number of halogens is 1. The number of rotatable bonds is 9. The van der Waals surface area contributed by atoms with Gasteiger partial charge in [-0.15, -0.1) is 0 Å². The zero-order valence-electron chi connectivity index (χ0n) is 17.7. The van der Waals surface area contributed by atoms with Gasteiger partial charge in [0.15, 0.2) is 18.1 Å². The Labute approximate surface area is 171 Å². The van der Waals surface area contributed by atoms with Crippen LogP contribution in [0.5, 0.6) is 17.2 Å². The summed E-state index contributed by atoms with van der Waals surface area (Å²) in [6, 6.07) is 10.3. The summed E-state index contributed by atoms with van der Waals surface area (Å²) in [5.41, 5.74) is 1.34. The van der Waals surface area contributed by atoms with Crippen molar-refractivity contribution >= 4 is 5.97 Å². The van der Waals surface area contributed by atoms with Gasteiger partial charge in [-0.1, -0.05) is 6.07 Å². The van der Waals surface area contributed by atoms with Gasteiger partial charge in [-0.05, 0) is 75.4 Å². The van der Waals surface area contributed by atoms with Crippen molar-refractivity contribution in [1.29, 1.82) is 0 Å². The molecule has 0 aliphatic heterocycles. The van der Waals surface area contributed by atoms with Crippen LogP contribution in [-0.4, -0.2) is 32.4 Å². The molecule has 5 nitrogen and oxygen atoms in total. The number of esters is 1. The lowest BCUT2D eigenvalue weighted by Crippen LogP contribution is -2.27. The summed E-state index contributed by atoms with van der Waals surface area (Å²) in [7, 11) is 3.21. The van der Waals surface area contributed by atoms with E-state index in [0.717, 1.165) is 24.0 Å². The summed E-state index contributed by atoms with van der Waals surface area (Å²) in [6.07, 6.45) is 2.31. The second-order valence-electron chi connectivity index (χ2n) is 7.71. The minimum absolute atomic E-state index is 0.258. The average Bonchev–Trinajstić information content (AvgIpc) is 2.64. The van der Waals surface area contributed by atoms with Crippen molar-refractivity contribution in [2.75, 3.05) is 20.8 Å². The molecule has 2 aromatic carbocycles. The molecular formula is C23H29FO5. The second-order valence-corrected chi connectivity index (χ2v) is 7.71. The highest BCUT2D eigenvalue weighted by Crippen LogP contribution is 2.28. The van der Waals surface area contributed by atoms with Crippen molar-refractivity contribution in [1.82, 2.24) is 0 Å². The molecular weight excluding hydrogens is 375 g/mol. The van der Waals surface area contributed by atoms with Crippen LogP contribution in [0.15, 0.2) is 36.4 Å². The van der Waals surface area contributed by atoms with E-state index in [1.165, 1.54) is 12.1 Å². The molecule has 6 heteroatoms. The smallest absolute Gasteiger partial charge is 0.344 e. The zero-order chi connectivity index (χ0) is 21.4. The Morgan fingerprint density at radius 2 is 1.62 bits per heavy atom. The van der Waals surface area contributed by atoms with Crippen LogP contribution in [0.25, 0.3) is 0 Å². The molecule has 0 atom stereocenters. The molecule has 29 heavy (non-hydrogen) atoms. The maximum Gasteiger partial charge on any atom is 0.344 e. The van der Waals surface area contributed by atoms with Crippen LogP contribution in [0.3, 0.4) is 0 Å². The van der Waals surface area contributed by atoms with Crippen molar-refractivity contribution in [2.45, 2.75) is 45.6 Å².